The Bertz CT molecular complexity index is 522. The lowest BCUT2D eigenvalue weighted by atomic mass is 10.0. The number of amides is 2. The minimum Gasteiger partial charge on any atom is -0.469 e. The largest absolute Gasteiger partial charge is 0.469 e. The van der Waals surface area contributed by atoms with Gasteiger partial charge in [-0.2, -0.15) is 0 Å². The number of esters is 1. The summed E-state index contributed by atoms with van der Waals surface area (Å²) in [4.78, 5) is 37.4. The lowest BCUT2D eigenvalue weighted by Gasteiger charge is -2.32. The van der Waals surface area contributed by atoms with E-state index in [9.17, 15) is 14.4 Å². The predicted molar refractivity (Wildman–Crippen MR) is 82.6 cm³/mol. The van der Waals surface area contributed by atoms with Crippen LogP contribution in [0.25, 0.3) is 0 Å². The molecule has 1 aliphatic rings. The van der Waals surface area contributed by atoms with Gasteiger partial charge in [0.15, 0.2) is 0 Å². The Morgan fingerprint density at radius 3 is 2.64 bits per heavy atom. The third kappa shape index (κ3) is 4.56. The number of piperidine rings is 1. The van der Waals surface area contributed by atoms with Gasteiger partial charge in [-0.05, 0) is 24.3 Å². The molecule has 6 nitrogen and oxygen atoms in total. The predicted octanol–water partition coefficient (Wildman–Crippen LogP) is 1.42. The van der Waals surface area contributed by atoms with Crippen molar-refractivity contribution in [1.29, 1.82) is 0 Å². The molecule has 0 spiro atoms. The highest BCUT2D eigenvalue weighted by atomic mass is 32.1. The molecule has 1 aliphatic heterocycles. The van der Waals surface area contributed by atoms with Gasteiger partial charge in [0.25, 0.3) is 5.91 Å². The third-order valence-corrected chi connectivity index (χ3v) is 4.57. The Balaban J connectivity index is 1.72. The third-order valence-electron chi connectivity index (χ3n) is 3.70. The van der Waals surface area contributed by atoms with E-state index in [1.807, 2.05) is 11.4 Å². The number of likely N-dealkylation sites (tertiary alicyclic amines) is 1. The fourth-order valence-electron chi connectivity index (χ4n) is 2.41. The average Bonchev–Trinajstić information content (AvgIpc) is 3.07. The number of ether oxygens (including phenoxy) is 1. The van der Waals surface area contributed by atoms with E-state index in [0.717, 1.165) is 12.8 Å². The molecule has 0 aliphatic carbocycles. The zero-order chi connectivity index (χ0) is 15.9. The van der Waals surface area contributed by atoms with Gasteiger partial charge in [0.2, 0.25) is 5.91 Å². The molecule has 0 radical (unpaired) electrons. The van der Waals surface area contributed by atoms with Gasteiger partial charge in [0.05, 0.1) is 18.4 Å². The molecule has 0 atom stereocenters. The van der Waals surface area contributed by atoms with Gasteiger partial charge in [0.1, 0.15) is 0 Å². The highest BCUT2D eigenvalue weighted by Crippen LogP contribution is 2.14. The molecule has 1 saturated heterocycles. The zero-order valence-corrected chi connectivity index (χ0v) is 13.4. The topological polar surface area (TPSA) is 75.7 Å². The number of rotatable bonds is 5. The van der Waals surface area contributed by atoms with E-state index in [1.54, 1.807) is 11.0 Å². The molecule has 0 bridgehead atoms. The quantitative estimate of drug-likeness (QED) is 0.831. The van der Waals surface area contributed by atoms with Crippen molar-refractivity contribution in [3.8, 4) is 0 Å². The molecular formula is C15H20N2O4S. The smallest absolute Gasteiger partial charge is 0.306 e. The number of methoxy groups -OCH3 is 1. The molecule has 0 unspecified atom stereocenters. The second kappa shape index (κ2) is 7.93. The summed E-state index contributed by atoms with van der Waals surface area (Å²) >= 11 is 1.42. The Kier molecular flexibility index (Phi) is 5.94. The molecule has 0 saturated carbocycles. The minimum atomic E-state index is -0.369. The monoisotopic (exact) mass is 324 g/mol. The number of hydrogen-bond donors (Lipinski definition) is 1. The molecule has 2 rings (SSSR count). The van der Waals surface area contributed by atoms with E-state index < -0.39 is 0 Å². The Morgan fingerprint density at radius 2 is 2.05 bits per heavy atom. The number of carbonyl (C=O) groups excluding carboxylic acids is 3. The van der Waals surface area contributed by atoms with Gasteiger partial charge >= 0.3 is 5.97 Å². The molecule has 22 heavy (non-hydrogen) atoms. The maximum absolute atomic E-state index is 12.0. The van der Waals surface area contributed by atoms with Crippen molar-refractivity contribution in [1.82, 2.24) is 10.2 Å². The summed E-state index contributed by atoms with van der Waals surface area (Å²) in [5.41, 5.74) is 0. The second-order valence-electron chi connectivity index (χ2n) is 5.18. The second-order valence-corrected chi connectivity index (χ2v) is 6.13. The molecule has 2 heterocycles. The molecular weight excluding hydrogens is 304 g/mol. The summed E-state index contributed by atoms with van der Waals surface area (Å²) < 4.78 is 4.53. The van der Waals surface area contributed by atoms with Gasteiger partial charge in [0, 0.05) is 25.6 Å². The van der Waals surface area contributed by atoms with E-state index in [0.29, 0.717) is 18.0 Å². The molecule has 1 N–H and O–H groups in total. The van der Waals surface area contributed by atoms with Crippen molar-refractivity contribution in [2.75, 3.05) is 20.2 Å². The summed E-state index contributed by atoms with van der Waals surface area (Å²) in [6, 6.07) is 3.74. The highest BCUT2D eigenvalue weighted by Gasteiger charge is 2.24. The van der Waals surface area contributed by atoms with Crippen LogP contribution in [0.1, 0.15) is 35.4 Å². The lowest BCUT2D eigenvalue weighted by molar-refractivity contribution is -0.143. The molecule has 2 amide bonds. The number of nitrogens with zero attached hydrogens (tertiary/aromatic N) is 1. The van der Waals surface area contributed by atoms with Crippen LogP contribution in [0.2, 0.25) is 0 Å². The maximum atomic E-state index is 12.0. The summed E-state index contributed by atoms with van der Waals surface area (Å²) in [6.07, 6.45) is 1.77. The van der Waals surface area contributed by atoms with Crippen molar-refractivity contribution in [3.05, 3.63) is 22.4 Å². The summed E-state index contributed by atoms with van der Waals surface area (Å²) in [6.45, 7) is 1.21. The zero-order valence-electron chi connectivity index (χ0n) is 12.5. The fourth-order valence-corrected chi connectivity index (χ4v) is 3.03. The van der Waals surface area contributed by atoms with Gasteiger partial charge in [-0.1, -0.05) is 6.07 Å². The Hall–Kier alpha value is -1.89. The molecule has 0 aromatic carbocycles. The van der Waals surface area contributed by atoms with Crippen molar-refractivity contribution in [2.45, 2.75) is 31.7 Å². The first-order valence-corrected chi connectivity index (χ1v) is 8.17. The van der Waals surface area contributed by atoms with E-state index in [-0.39, 0.29) is 36.7 Å². The van der Waals surface area contributed by atoms with Crippen LogP contribution in [0.15, 0.2) is 17.5 Å². The minimum absolute atomic E-state index is 0.0339. The van der Waals surface area contributed by atoms with Crippen LogP contribution in [0, 0.1) is 0 Å². The van der Waals surface area contributed by atoms with Crippen molar-refractivity contribution in [3.63, 3.8) is 0 Å². The Labute approximate surface area is 133 Å². The molecule has 1 aromatic heterocycles. The van der Waals surface area contributed by atoms with Crippen LogP contribution in [0.3, 0.4) is 0 Å². The van der Waals surface area contributed by atoms with Crippen LogP contribution in [-0.4, -0.2) is 48.9 Å². The first-order chi connectivity index (χ1) is 10.6. The number of hydrogen-bond acceptors (Lipinski definition) is 5. The van der Waals surface area contributed by atoms with Crippen LogP contribution in [0.4, 0.5) is 0 Å². The summed E-state index contributed by atoms with van der Waals surface area (Å²) in [5.74, 6) is -0.453. The first-order valence-electron chi connectivity index (χ1n) is 7.29. The van der Waals surface area contributed by atoms with E-state index in [1.165, 1.54) is 18.4 Å². The standard InChI is InChI=1S/C15H20N2O4S/c1-21-14(19)5-4-13(18)17-8-6-11(7-9-17)16-15(20)12-3-2-10-22-12/h2-3,10-11H,4-9H2,1H3,(H,16,20). The number of thiophene rings is 1. The van der Waals surface area contributed by atoms with Crippen LogP contribution in [0.5, 0.6) is 0 Å². The average molecular weight is 324 g/mol. The molecule has 7 heteroatoms. The van der Waals surface area contributed by atoms with Crippen molar-refractivity contribution in [2.24, 2.45) is 0 Å². The van der Waals surface area contributed by atoms with Crippen LogP contribution in [-0.2, 0) is 14.3 Å². The van der Waals surface area contributed by atoms with Gasteiger partial charge in [-0.15, -0.1) is 11.3 Å². The summed E-state index contributed by atoms with van der Waals surface area (Å²) in [5, 5.41) is 4.87. The number of carbonyl (C=O) groups is 3. The van der Waals surface area contributed by atoms with E-state index in [4.69, 9.17) is 0 Å². The van der Waals surface area contributed by atoms with Crippen molar-refractivity contribution >= 4 is 29.1 Å². The Morgan fingerprint density at radius 1 is 1.32 bits per heavy atom. The van der Waals surface area contributed by atoms with Crippen LogP contribution < -0.4 is 5.32 Å². The maximum Gasteiger partial charge on any atom is 0.306 e. The van der Waals surface area contributed by atoms with Gasteiger partial charge in [-0.3, -0.25) is 14.4 Å². The fraction of sp³-hybridized carbons (Fsp3) is 0.533. The van der Waals surface area contributed by atoms with Gasteiger partial charge < -0.3 is 15.0 Å². The molecule has 1 fully saturated rings. The molecule has 120 valence electrons. The number of nitrogens with one attached hydrogen (secondary N) is 1. The van der Waals surface area contributed by atoms with Gasteiger partial charge in [-0.25, -0.2) is 0 Å². The normalized spacial score (nSPS) is 15.4. The summed E-state index contributed by atoms with van der Waals surface area (Å²) in [7, 11) is 1.31. The highest BCUT2D eigenvalue weighted by molar-refractivity contribution is 7.12. The van der Waals surface area contributed by atoms with E-state index >= 15 is 0 Å². The van der Waals surface area contributed by atoms with Crippen LogP contribution >= 0.6 is 11.3 Å². The van der Waals surface area contributed by atoms with Crippen molar-refractivity contribution < 1.29 is 19.1 Å². The van der Waals surface area contributed by atoms with E-state index in [2.05, 4.69) is 10.1 Å². The molecule has 1 aromatic rings. The SMILES string of the molecule is COC(=O)CCC(=O)N1CCC(NC(=O)c2cccs2)CC1. The lowest BCUT2D eigenvalue weighted by Crippen LogP contribution is -2.46. The first kappa shape index (κ1) is 16.5.